The lowest BCUT2D eigenvalue weighted by molar-refractivity contribution is 0.0781. The normalized spacial score (nSPS) is 10.9. The molecule has 0 radical (unpaired) electrons. The van der Waals surface area contributed by atoms with Crippen molar-refractivity contribution in [1.29, 1.82) is 0 Å². The van der Waals surface area contributed by atoms with E-state index in [1.807, 2.05) is 31.4 Å². The zero-order chi connectivity index (χ0) is 14.0. The molecule has 0 saturated carbocycles. The number of nitrogen functional groups attached to an aromatic ring is 1. The smallest absolute Gasteiger partial charge is 0.276 e. The Kier molecular flexibility index (Phi) is 3.90. The van der Waals surface area contributed by atoms with E-state index in [1.54, 1.807) is 23.3 Å². The van der Waals surface area contributed by atoms with E-state index in [2.05, 4.69) is 10.2 Å². The van der Waals surface area contributed by atoms with Crippen molar-refractivity contribution in [3.05, 3.63) is 33.8 Å². The van der Waals surface area contributed by atoms with Gasteiger partial charge in [0.1, 0.15) is 0 Å². The minimum Gasteiger partial charge on any atom is -0.395 e. The molecule has 0 atom stereocenters. The number of hydrogen-bond acceptors (Lipinski definition) is 4. The molecule has 5 nitrogen and oxygen atoms in total. The van der Waals surface area contributed by atoms with Gasteiger partial charge in [-0.15, -0.1) is 11.3 Å². The number of H-pyrrole nitrogens is 1. The second kappa shape index (κ2) is 5.44. The van der Waals surface area contributed by atoms with E-state index in [0.717, 1.165) is 10.6 Å². The molecule has 2 rings (SSSR count). The topological polar surface area (TPSA) is 75.0 Å². The van der Waals surface area contributed by atoms with Crippen LogP contribution in [0.25, 0.3) is 0 Å². The summed E-state index contributed by atoms with van der Waals surface area (Å²) in [6.45, 7) is 4.58. The second-order valence-electron chi connectivity index (χ2n) is 4.79. The van der Waals surface area contributed by atoms with Gasteiger partial charge in [0.25, 0.3) is 5.91 Å². The molecule has 3 N–H and O–H groups in total. The van der Waals surface area contributed by atoms with Crippen molar-refractivity contribution in [2.45, 2.75) is 26.3 Å². The summed E-state index contributed by atoms with van der Waals surface area (Å²) in [7, 11) is 1.76. The molecule has 0 unspecified atom stereocenters. The van der Waals surface area contributed by atoms with Crippen LogP contribution in [0.1, 0.15) is 40.8 Å². The molecule has 19 heavy (non-hydrogen) atoms. The first-order valence-corrected chi connectivity index (χ1v) is 7.00. The second-order valence-corrected chi connectivity index (χ2v) is 5.83. The van der Waals surface area contributed by atoms with Gasteiger partial charge in [0.05, 0.1) is 17.9 Å². The van der Waals surface area contributed by atoms with Crippen molar-refractivity contribution in [1.82, 2.24) is 15.1 Å². The molecule has 2 heterocycles. The van der Waals surface area contributed by atoms with Gasteiger partial charge >= 0.3 is 0 Å². The number of hydrogen-bond donors (Lipinski definition) is 2. The van der Waals surface area contributed by atoms with E-state index in [9.17, 15) is 4.79 Å². The van der Waals surface area contributed by atoms with Crippen molar-refractivity contribution in [3.63, 3.8) is 0 Å². The van der Waals surface area contributed by atoms with Gasteiger partial charge in [-0.05, 0) is 17.4 Å². The van der Waals surface area contributed by atoms with Gasteiger partial charge < -0.3 is 10.6 Å². The SMILES string of the molecule is CC(C)c1[nH]nc(C(=O)N(C)Cc2cccs2)c1N. The fourth-order valence-electron chi connectivity index (χ4n) is 1.86. The monoisotopic (exact) mass is 278 g/mol. The summed E-state index contributed by atoms with van der Waals surface area (Å²) in [5.74, 6) is 0.0608. The largest absolute Gasteiger partial charge is 0.395 e. The molecule has 0 fully saturated rings. The Labute approximate surface area is 116 Å². The average Bonchev–Trinajstić information content (AvgIpc) is 2.97. The van der Waals surface area contributed by atoms with E-state index in [1.165, 1.54) is 0 Å². The Morgan fingerprint density at radius 2 is 2.32 bits per heavy atom. The number of amides is 1. The number of thiophene rings is 1. The molecule has 2 aromatic heterocycles. The van der Waals surface area contributed by atoms with Crippen molar-refractivity contribution in [2.24, 2.45) is 0 Å². The van der Waals surface area contributed by atoms with Crippen molar-refractivity contribution >= 4 is 22.9 Å². The molecule has 0 aliphatic rings. The number of aromatic nitrogens is 2. The first kappa shape index (κ1) is 13.6. The quantitative estimate of drug-likeness (QED) is 0.902. The molecule has 1 amide bonds. The Balaban J connectivity index is 2.15. The van der Waals surface area contributed by atoms with Crippen molar-refractivity contribution in [2.75, 3.05) is 12.8 Å². The van der Waals surface area contributed by atoms with Gasteiger partial charge in [-0.25, -0.2) is 0 Å². The zero-order valence-corrected chi connectivity index (χ0v) is 12.1. The van der Waals surface area contributed by atoms with E-state index in [0.29, 0.717) is 17.9 Å². The lowest BCUT2D eigenvalue weighted by Gasteiger charge is -2.15. The van der Waals surface area contributed by atoms with Crippen LogP contribution in [0.15, 0.2) is 17.5 Å². The lowest BCUT2D eigenvalue weighted by Crippen LogP contribution is -2.26. The molecular formula is C13H18N4OS. The Morgan fingerprint density at radius 3 is 2.84 bits per heavy atom. The fourth-order valence-corrected chi connectivity index (χ4v) is 2.61. The van der Waals surface area contributed by atoms with Crippen LogP contribution in [0, 0.1) is 0 Å². The van der Waals surface area contributed by atoms with Crippen LogP contribution in [0.4, 0.5) is 5.69 Å². The standard InChI is InChI=1S/C13H18N4OS/c1-8(2)11-10(14)12(16-15-11)13(18)17(3)7-9-5-4-6-19-9/h4-6,8H,7,14H2,1-3H3,(H,15,16). The molecule has 0 aromatic carbocycles. The zero-order valence-electron chi connectivity index (χ0n) is 11.3. The van der Waals surface area contributed by atoms with Crippen LogP contribution in [0.2, 0.25) is 0 Å². The minimum atomic E-state index is -0.158. The Bertz CT molecular complexity index is 559. The molecule has 0 saturated heterocycles. The first-order chi connectivity index (χ1) is 9.00. The molecule has 0 aliphatic carbocycles. The van der Waals surface area contributed by atoms with Crippen molar-refractivity contribution < 1.29 is 4.79 Å². The van der Waals surface area contributed by atoms with Crippen LogP contribution in [0.5, 0.6) is 0 Å². The maximum atomic E-state index is 12.3. The summed E-state index contributed by atoms with van der Waals surface area (Å²) in [6, 6.07) is 3.97. The number of anilines is 1. The fraction of sp³-hybridized carbons (Fsp3) is 0.385. The van der Waals surface area contributed by atoms with Crippen LogP contribution < -0.4 is 5.73 Å². The number of carbonyl (C=O) groups excluding carboxylic acids is 1. The number of nitrogens with zero attached hydrogens (tertiary/aromatic N) is 2. The van der Waals surface area contributed by atoms with Crippen molar-refractivity contribution in [3.8, 4) is 0 Å². The highest BCUT2D eigenvalue weighted by molar-refractivity contribution is 7.09. The summed E-state index contributed by atoms with van der Waals surface area (Å²) < 4.78 is 0. The maximum Gasteiger partial charge on any atom is 0.276 e. The highest BCUT2D eigenvalue weighted by atomic mass is 32.1. The van der Waals surface area contributed by atoms with Gasteiger partial charge in [-0.3, -0.25) is 9.89 Å². The third kappa shape index (κ3) is 2.78. The van der Waals surface area contributed by atoms with Crippen LogP contribution in [-0.2, 0) is 6.54 Å². The number of nitrogens with two attached hydrogens (primary N) is 1. The van der Waals surface area contributed by atoms with Gasteiger partial charge in [-0.2, -0.15) is 5.10 Å². The summed E-state index contributed by atoms with van der Waals surface area (Å²) in [5.41, 5.74) is 7.56. The lowest BCUT2D eigenvalue weighted by atomic mass is 10.1. The van der Waals surface area contributed by atoms with E-state index in [4.69, 9.17) is 5.73 Å². The number of carbonyl (C=O) groups is 1. The molecule has 0 aliphatic heterocycles. The highest BCUT2D eigenvalue weighted by Crippen LogP contribution is 2.23. The van der Waals surface area contributed by atoms with Gasteiger partial charge in [-0.1, -0.05) is 19.9 Å². The van der Waals surface area contributed by atoms with E-state index in [-0.39, 0.29) is 11.8 Å². The molecule has 0 bridgehead atoms. The number of aromatic amines is 1. The maximum absolute atomic E-state index is 12.3. The van der Waals surface area contributed by atoms with Crippen LogP contribution >= 0.6 is 11.3 Å². The number of nitrogens with one attached hydrogen (secondary N) is 1. The van der Waals surface area contributed by atoms with E-state index >= 15 is 0 Å². The molecule has 0 spiro atoms. The molecular weight excluding hydrogens is 260 g/mol. The van der Waals surface area contributed by atoms with Gasteiger partial charge in [0.2, 0.25) is 0 Å². The Morgan fingerprint density at radius 1 is 1.58 bits per heavy atom. The predicted octanol–water partition coefficient (Wildman–Crippen LogP) is 2.45. The van der Waals surface area contributed by atoms with Gasteiger partial charge in [0.15, 0.2) is 5.69 Å². The predicted molar refractivity (Wildman–Crippen MR) is 77.2 cm³/mol. The molecule has 2 aromatic rings. The van der Waals surface area contributed by atoms with Crippen LogP contribution in [0.3, 0.4) is 0 Å². The summed E-state index contributed by atoms with van der Waals surface area (Å²) in [5, 5.41) is 8.89. The third-order valence-electron chi connectivity index (χ3n) is 2.93. The first-order valence-electron chi connectivity index (χ1n) is 6.12. The van der Waals surface area contributed by atoms with E-state index < -0.39 is 0 Å². The average molecular weight is 278 g/mol. The Hall–Kier alpha value is -1.82. The van der Waals surface area contributed by atoms with Gasteiger partial charge in [0, 0.05) is 11.9 Å². The third-order valence-corrected chi connectivity index (χ3v) is 3.79. The number of rotatable bonds is 4. The minimum absolute atomic E-state index is 0.158. The highest BCUT2D eigenvalue weighted by Gasteiger charge is 2.21. The molecule has 102 valence electrons. The van der Waals surface area contributed by atoms with Crippen LogP contribution in [-0.4, -0.2) is 28.1 Å². The summed E-state index contributed by atoms with van der Waals surface area (Å²) in [4.78, 5) is 15.1. The summed E-state index contributed by atoms with van der Waals surface area (Å²) >= 11 is 1.62. The molecule has 6 heteroatoms. The summed E-state index contributed by atoms with van der Waals surface area (Å²) in [6.07, 6.45) is 0.